The van der Waals surface area contributed by atoms with Crippen LogP contribution >= 0.6 is 22.6 Å². The van der Waals surface area contributed by atoms with E-state index in [2.05, 4.69) is 0 Å². The summed E-state index contributed by atoms with van der Waals surface area (Å²) in [6.07, 6.45) is 0. The Kier molecular flexibility index (Phi) is 4.18. The van der Waals surface area contributed by atoms with Crippen LogP contribution < -0.4 is 4.74 Å². The lowest BCUT2D eigenvalue weighted by Crippen LogP contribution is -2.00. The van der Waals surface area contributed by atoms with Gasteiger partial charge in [-0.05, 0) is 52.9 Å². The lowest BCUT2D eigenvalue weighted by molar-refractivity contribution is -0.384. The van der Waals surface area contributed by atoms with Crippen molar-refractivity contribution < 1.29 is 19.6 Å². The molecule has 0 aliphatic carbocycles. The predicted molar refractivity (Wildman–Crippen MR) is 79.3 cm³/mol. The molecular weight excluding hydrogens is 377 g/mol. The fourth-order valence-corrected chi connectivity index (χ4v) is 2.01. The highest BCUT2D eigenvalue weighted by Crippen LogP contribution is 2.28. The van der Waals surface area contributed by atoms with E-state index in [1.807, 2.05) is 22.6 Å². The minimum atomic E-state index is -1.10. The Labute approximate surface area is 127 Å². The summed E-state index contributed by atoms with van der Waals surface area (Å²) in [6.45, 7) is 0. The van der Waals surface area contributed by atoms with E-state index in [0.29, 0.717) is 5.75 Å². The van der Waals surface area contributed by atoms with E-state index >= 15 is 0 Å². The minimum absolute atomic E-state index is 0.0373. The van der Waals surface area contributed by atoms with E-state index in [4.69, 9.17) is 9.84 Å². The van der Waals surface area contributed by atoms with E-state index in [-0.39, 0.29) is 17.0 Å². The summed E-state index contributed by atoms with van der Waals surface area (Å²) in [6, 6.07) is 10.2. The van der Waals surface area contributed by atoms with Crippen molar-refractivity contribution in [3.05, 3.63) is 61.7 Å². The minimum Gasteiger partial charge on any atom is -0.478 e. The zero-order chi connectivity index (χ0) is 14.7. The number of rotatable bonds is 4. The standard InChI is InChI=1S/C13H8INO5/c14-8-1-6-12(11(7-8)13(16)17)20-10-4-2-9(3-5-10)15(18)19/h1-7H,(H,16,17). The smallest absolute Gasteiger partial charge is 0.339 e. The molecule has 102 valence electrons. The molecule has 20 heavy (non-hydrogen) atoms. The van der Waals surface area contributed by atoms with Crippen LogP contribution in [0.3, 0.4) is 0 Å². The van der Waals surface area contributed by atoms with Gasteiger partial charge in [-0.15, -0.1) is 0 Å². The fourth-order valence-electron chi connectivity index (χ4n) is 1.52. The highest BCUT2D eigenvalue weighted by atomic mass is 127. The van der Waals surface area contributed by atoms with Crippen LogP contribution in [-0.2, 0) is 0 Å². The number of carbonyl (C=O) groups is 1. The Bertz CT molecular complexity index is 669. The molecule has 0 amide bonds. The first kappa shape index (κ1) is 14.3. The van der Waals surface area contributed by atoms with Crippen LogP contribution in [-0.4, -0.2) is 16.0 Å². The van der Waals surface area contributed by atoms with Gasteiger partial charge in [-0.2, -0.15) is 0 Å². The van der Waals surface area contributed by atoms with Gasteiger partial charge in [0.15, 0.2) is 0 Å². The zero-order valence-electron chi connectivity index (χ0n) is 9.95. The summed E-state index contributed by atoms with van der Waals surface area (Å²) in [7, 11) is 0. The van der Waals surface area contributed by atoms with Crippen LogP contribution in [0.2, 0.25) is 0 Å². The highest BCUT2D eigenvalue weighted by Gasteiger charge is 2.13. The molecule has 0 aliphatic heterocycles. The lowest BCUT2D eigenvalue weighted by Gasteiger charge is -2.08. The number of halogens is 1. The number of hydrogen-bond acceptors (Lipinski definition) is 4. The van der Waals surface area contributed by atoms with Gasteiger partial charge in [0.05, 0.1) is 4.92 Å². The number of non-ortho nitro benzene ring substituents is 1. The van der Waals surface area contributed by atoms with Crippen LogP contribution in [0.4, 0.5) is 5.69 Å². The summed E-state index contributed by atoms with van der Waals surface area (Å²) in [4.78, 5) is 21.2. The molecule has 0 unspecified atom stereocenters. The highest BCUT2D eigenvalue weighted by molar-refractivity contribution is 14.1. The number of nitrogens with zero attached hydrogens (tertiary/aromatic N) is 1. The lowest BCUT2D eigenvalue weighted by atomic mass is 10.2. The first-order chi connectivity index (χ1) is 9.47. The van der Waals surface area contributed by atoms with Crippen LogP contribution in [0, 0.1) is 13.7 Å². The van der Waals surface area contributed by atoms with Crippen LogP contribution in [0.25, 0.3) is 0 Å². The molecule has 0 spiro atoms. The molecule has 1 N–H and O–H groups in total. The number of nitro groups is 1. The van der Waals surface area contributed by atoms with E-state index in [1.54, 1.807) is 12.1 Å². The SMILES string of the molecule is O=C(O)c1cc(I)ccc1Oc1ccc([N+](=O)[O-])cc1. The number of benzene rings is 2. The number of carboxylic acid groups (broad SMARTS) is 1. The van der Waals surface area contributed by atoms with E-state index in [1.165, 1.54) is 30.3 Å². The van der Waals surface area contributed by atoms with Gasteiger partial charge in [-0.25, -0.2) is 4.79 Å². The summed E-state index contributed by atoms with van der Waals surface area (Å²) in [5, 5.41) is 19.7. The normalized spacial score (nSPS) is 10.1. The molecule has 0 fully saturated rings. The molecular formula is C13H8INO5. The topological polar surface area (TPSA) is 89.7 Å². The Hall–Kier alpha value is -2.16. The van der Waals surface area contributed by atoms with Gasteiger partial charge in [0.25, 0.3) is 5.69 Å². The number of nitro benzene ring substituents is 1. The first-order valence-electron chi connectivity index (χ1n) is 5.42. The summed E-state index contributed by atoms with van der Waals surface area (Å²) in [5.41, 5.74) is -0.0197. The van der Waals surface area contributed by atoms with Crippen molar-refractivity contribution in [2.75, 3.05) is 0 Å². The maximum Gasteiger partial charge on any atom is 0.339 e. The number of hydrogen-bond donors (Lipinski definition) is 1. The molecule has 0 aromatic heterocycles. The Balaban J connectivity index is 2.30. The van der Waals surface area contributed by atoms with E-state index < -0.39 is 10.9 Å². The number of ether oxygens (including phenoxy) is 1. The second-order valence-electron chi connectivity index (χ2n) is 3.80. The molecule has 0 radical (unpaired) electrons. The van der Waals surface area contributed by atoms with Crippen molar-refractivity contribution in [3.63, 3.8) is 0 Å². The molecule has 2 aromatic carbocycles. The van der Waals surface area contributed by atoms with E-state index in [0.717, 1.165) is 3.57 Å². The maximum absolute atomic E-state index is 11.1. The van der Waals surface area contributed by atoms with Crippen molar-refractivity contribution >= 4 is 34.2 Å². The van der Waals surface area contributed by atoms with Crippen LogP contribution in [0.5, 0.6) is 11.5 Å². The molecule has 0 bridgehead atoms. The predicted octanol–water partition coefficient (Wildman–Crippen LogP) is 3.69. The van der Waals surface area contributed by atoms with Crippen LogP contribution in [0.15, 0.2) is 42.5 Å². The monoisotopic (exact) mass is 385 g/mol. The second-order valence-corrected chi connectivity index (χ2v) is 5.04. The average Bonchev–Trinajstić information content (AvgIpc) is 2.41. The molecule has 2 rings (SSSR count). The van der Waals surface area contributed by atoms with Gasteiger partial charge in [-0.3, -0.25) is 10.1 Å². The van der Waals surface area contributed by atoms with Crippen molar-refractivity contribution in [2.45, 2.75) is 0 Å². The molecule has 0 aliphatic rings. The van der Waals surface area contributed by atoms with E-state index in [9.17, 15) is 14.9 Å². The Morgan fingerprint density at radius 1 is 1.20 bits per heavy atom. The molecule has 0 heterocycles. The molecule has 0 saturated heterocycles. The molecule has 0 saturated carbocycles. The van der Waals surface area contributed by atoms with Gasteiger partial charge in [0.1, 0.15) is 17.1 Å². The Morgan fingerprint density at radius 2 is 1.85 bits per heavy atom. The largest absolute Gasteiger partial charge is 0.478 e. The second kappa shape index (κ2) is 5.87. The summed E-state index contributed by atoms with van der Waals surface area (Å²) in [5.74, 6) is -0.577. The molecule has 0 atom stereocenters. The van der Waals surface area contributed by atoms with Crippen LogP contribution in [0.1, 0.15) is 10.4 Å². The van der Waals surface area contributed by atoms with Crippen molar-refractivity contribution in [3.8, 4) is 11.5 Å². The van der Waals surface area contributed by atoms with Gasteiger partial charge in [0, 0.05) is 15.7 Å². The molecule has 7 heteroatoms. The fraction of sp³-hybridized carbons (Fsp3) is 0. The van der Waals surface area contributed by atoms with Crippen molar-refractivity contribution in [1.29, 1.82) is 0 Å². The number of aromatic carboxylic acids is 1. The first-order valence-corrected chi connectivity index (χ1v) is 6.50. The average molecular weight is 385 g/mol. The molecule has 6 nitrogen and oxygen atoms in total. The third kappa shape index (κ3) is 3.23. The summed E-state index contributed by atoms with van der Waals surface area (Å²) >= 11 is 2.00. The zero-order valence-corrected chi connectivity index (χ0v) is 12.1. The van der Waals surface area contributed by atoms with Gasteiger partial charge < -0.3 is 9.84 Å². The Morgan fingerprint density at radius 3 is 2.40 bits per heavy atom. The third-order valence-corrected chi connectivity index (χ3v) is 3.12. The number of carboxylic acids is 1. The van der Waals surface area contributed by atoms with Gasteiger partial charge in [-0.1, -0.05) is 0 Å². The van der Waals surface area contributed by atoms with Crippen molar-refractivity contribution in [1.82, 2.24) is 0 Å². The third-order valence-electron chi connectivity index (χ3n) is 2.45. The van der Waals surface area contributed by atoms with Crippen molar-refractivity contribution in [2.24, 2.45) is 0 Å². The van der Waals surface area contributed by atoms with Gasteiger partial charge >= 0.3 is 5.97 Å². The summed E-state index contributed by atoms with van der Waals surface area (Å²) < 4.78 is 6.23. The molecule has 2 aromatic rings. The maximum atomic E-state index is 11.1. The quantitative estimate of drug-likeness (QED) is 0.493. The van der Waals surface area contributed by atoms with Gasteiger partial charge in [0.2, 0.25) is 0 Å².